The molecule has 0 fully saturated rings. The van der Waals surface area contributed by atoms with Crippen LogP contribution in [0.3, 0.4) is 0 Å². The maximum absolute atomic E-state index is 11.6. The zero-order valence-corrected chi connectivity index (χ0v) is 13.6. The van der Waals surface area contributed by atoms with Gasteiger partial charge < -0.3 is 9.26 Å². The number of anilines is 1. The van der Waals surface area contributed by atoms with E-state index in [1.807, 2.05) is 24.3 Å². The highest BCUT2D eigenvalue weighted by molar-refractivity contribution is 14.1. The number of aromatic nitrogens is 1. The van der Waals surface area contributed by atoms with Crippen LogP contribution in [0.4, 0.5) is 10.7 Å². The Labute approximate surface area is 130 Å². The molecule has 0 atom stereocenters. The first-order valence-corrected chi connectivity index (χ1v) is 7.14. The van der Waals surface area contributed by atoms with Gasteiger partial charge in [-0.25, -0.2) is 4.79 Å². The maximum atomic E-state index is 11.6. The van der Waals surface area contributed by atoms with E-state index in [1.165, 1.54) is 0 Å². The number of nitrogens with zero attached hydrogens (tertiary/aromatic N) is 1. The fourth-order valence-corrected chi connectivity index (χ4v) is 1.85. The lowest BCUT2D eigenvalue weighted by Gasteiger charge is -2.18. The molecule has 0 radical (unpaired) electrons. The zero-order chi connectivity index (χ0) is 14.8. The second kappa shape index (κ2) is 5.82. The van der Waals surface area contributed by atoms with Gasteiger partial charge in [0, 0.05) is 15.2 Å². The van der Waals surface area contributed by atoms with E-state index in [1.54, 1.807) is 26.8 Å². The Morgan fingerprint density at radius 2 is 1.95 bits per heavy atom. The predicted octanol–water partition coefficient (Wildman–Crippen LogP) is 4.29. The highest BCUT2D eigenvalue weighted by Crippen LogP contribution is 2.22. The third-order valence-corrected chi connectivity index (χ3v) is 2.99. The van der Waals surface area contributed by atoms with Crippen molar-refractivity contribution in [3.05, 3.63) is 33.9 Å². The lowest BCUT2D eigenvalue weighted by molar-refractivity contribution is 0.0631. The van der Waals surface area contributed by atoms with Crippen molar-refractivity contribution in [2.75, 3.05) is 5.32 Å². The van der Waals surface area contributed by atoms with Gasteiger partial charge in [0.15, 0.2) is 0 Å². The molecule has 0 saturated carbocycles. The minimum Gasteiger partial charge on any atom is -0.444 e. The lowest BCUT2D eigenvalue weighted by Crippen LogP contribution is -2.27. The molecule has 5 nitrogen and oxygen atoms in total. The summed E-state index contributed by atoms with van der Waals surface area (Å²) in [7, 11) is 0. The van der Waals surface area contributed by atoms with Gasteiger partial charge in [0.1, 0.15) is 11.3 Å². The normalized spacial score (nSPS) is 11.2. The van der Waals surface area contributed by atoms with Gasteiger partial charge in [-0.05, 0) is 55.5 Å². The summed E-state index contributed by atoms with van der Waals surface area (Å²) >= 11 is 2.23. The number of amides is 1. The Morgan fingerprint density at radius 1 is 1.30 bits per heavy atom. The Hall–Kier alpha value is -1.57. The maximum Gasteiger partial charge on any atom is 0.414 e. The molecule has 6 heteroatoms. The average Bonchev–Trinajstić information content (AvgIpc) is 2.75. The Bertz CT molecular complexity index is 600. The predicted molar refractivity (Wildman–Crippen MR) is 84.5 cm³/mol. The fraction of sp³-hybridized carbons (Fsp3) is 0.286. The molecule has 106 valence electrons. The number of carbonyl (C=O) groups excluding carboxylic acids is 1. The number of ether oxygens (including phenoxy) is 1. The van der Waals surface area contributed by atoms with Crippen molar-refractivity contribution < 1.29 is 14.1 Å². The van der Waals surface area contributed by atoms with Gasteiger partial charge in [0.2, 0.25) is 5.88 Å². The van der Waals surface area contributed by atoms with Gasteiger partial charge in [-0.1, -0.05) is 17.3 Å². The number of carbonyl (C=O) groups is 1. The molecule has 1 aromatic carbocycles. The molecule has 0 saturated heterocycles. The first-order valence-electron chi connectivity index (χ1n) is 6.06. The lowest BCUT2D eigenvalue weighted by atomic mass is 10.2. The van der Waals surface area contributed by atoms with Crippen LogP contribution in [0.5, 0.6) is 0 Å². The summed E-state index contributed by atoms with van der Waals surface area (Å²) < 4.78 is 11.3. The molecule has 0 bridgehead atoms. The molecule has 2 rings (SSSR count). The monoisotopic (exact) mass is 386 g/mol. The van der Waals surface area contributed by atoms with E-state index >= 15 is 0 Å². The number of rotatable bonds is 2. The molecule has 0 aliphatic carbocycles. The first-order chi connectivity index (χ1) is 9.33. The van der Waals surface area contributed by atoms with Gasteiger partial charge in [-0.3, -0.25) is 5.32 Å². The molecule has 1 N–H and O–H groups in total. The summed E-state index contributed by atoms with van der Waals surface area (Å²) in [6.07, 6.45) is -0.567. The van der Waals surface area contributed by atoms with Crippen molar-refractivity contribution in [3.8, 4) is 11.3 Å². The fourth-order valence-electron chi connectivity index (χ4n) is 1.50. The van der Waals surface area contributed by atoms with Crippen molar-refractivity contribution in [2.45, 2.75) is 26.4 Å². The molecule has 2 aromatic rings. The third-order valence-electron chi connectivity index (χ3n) is 2.27. The van der Waals surface area contributed by atoms with E-state index < -0.39 is 11.7 Å². The molecule has 0 aliphatic rings. The standard InChI is InChI=1S/C14H15IN2O3/c1-14(2,3)19-13(18)16-12-8-11(17-20-12)9-4-6-10(15)7-5-9/h4-8H,1-3H3,(H,16,18). The highest BCUT2D eigenvalue weighted by Gasteiger charge is 2.17. The van der Waals surface area contributed by atoms with Crippen LogP contribution in [0.2, 0.25) is 0 Å². The Kier molecular flexibility index (Phi) is 4.32. The summed E-state index contributed by atoms with van der Waals surface area (Å²) in [5, 5.41) is 6.43. The average molecular weight is 386 g/mol. The van der Waals surface area contributed by atoms with Crippen LogP contribution in [0.1, 0.15) is 20.8 Å². The number of hydrogen-bond donors (Lipinski definition) is 1. The van der Waals surface area contributed by atoms with Gasteiger partial charge in [-0.15, -0.1) is 0 Å². The zero-order valence-electron chi connectivity index (χ0n) is 11.4. The van der Waals surface area contributed by atoms with Crippen LogP contribution in [-0.2, 0) is 4.74 Å². The number of benzene rings is 1. The molecule has 0 unspecified atom stereocenters. The van der Waals surface area contributed by atoms with Crippen LogP contribution in [0, 0.1) is 3.57 Å². The molecule has 1 amide bonds. The van der Waals surface area contributed by atoms with Crippen LogP contribution in [0.15, 0.2) is 34.9 Å². The van der Waals surface area contributed by atoms with Gasteiger partial charge >= 0.3 is 6.09 Å². The van der Waals surface area contributed by atoms with Crippen LogP contribution in [0.25, 0.3) is 11.3 Å². The van der Waals surface area contributed by atoms with Crippen molar-refractivity contribution in [1.82, 2.24) is 5.16 Å². The second-order valence-electron chi connectivity index (χ2n) is 5.21. The van der Waals surface area contributed by atoms with E-state index in [2.05, 4.69) is 33.1 Å². The van der Waals surface area contributed by atoms with Crippen molar-refractivity contribution >= 4 is 34.6 Å². The molecule has 0 spiro atoms. The molecule has 1 aromatic heterocycles. The number of hydrogen-bond acceptors (Lipinski definition) is 4. The molecule has 20 heavy (non-hydrogen) atoms. The molecule has 1 heterocycles. The van der Waals surface area contributed by atoms with Gasteiger partial charge in [0.25, 0.3) is 0 Å². The minimum atomic E-state index is -0.567. The van der Waals surface area contributed by atoms with Gasteiger partial charge in [-0.2, -0.15) is 0 Å². The van der Waals surface area contributed by atoms with E-state index in [0.717, 1.165) is 9.13 Å². The van der Waals surface area contributed by atoms with Crippen LogP contribution in [-0.4, -0.2) is 16.9 Å². The molecular formula is C14H15IN2O3. The van der Waals surface area contributed by atoms with Crippen molar-refractivity contribution in [2.24, 2.45) is 0 Å². The first kappa shape index (κ1) is 14.8. The highest BCUT2D eigenvalue weighted by atomic mass is 127. The molecular weight excluding hydrogens is 371 g/mol. The third kappa shape index (κ3) is 4.22. The van der Waals surface area contributed by atoms with E-state index in [-0.39, 0.29) is 5.88 Å². The second-order valence-corrected chi connectivity index (χ2v) is 6.46. The Balaban J connectivity index is 2.06. The largest absolute Gasteiger partial charge is 0.444 e. The summed E-state index contributed by atoms with van der Waals surface area (Å²) in [5.74, 6) is 0.257. The van der Waals surface area contributed by atoms with E-state index in [9.17, 15) is 4.79 Å². The molecule has 0 aliphatic heterocycles. The van der Waals surface area contributed by atoms with Crippen molar-refractivity contribution in [3.63, 3.8) is 0 Å². The summed E-state index contributed by atoms with van der Waals surface area (Å²) in [6.45, 7) is 5.39. The number of halogens is 1. The summed E-state index contributed by atoms with van der Waals surface area (Å²) in [5.41, 5.74) is 1.03. The van der Waals surface area contributed by atoms with Crippen molar-refractivity contribution in [1.29, 1.82) is 0 Å². The smallest absolute Gasteiger partial charge is 0.414 e. The van der Waals surface area contributed by atoms with Crippen LogP contribution < -0.4 is 5.32 Å². The topological polar surface area (TPSA) is 64.4 Å². The van der Waals surface area contributed by atoms with Crippen LogP contribution >= 0.6 is 22.6 Å². The quantitative estimate of drug-likeness (QED) is 0.782. The SMILES string of the molecule is CC(C)(C)OC(=O)Nc1cc(-c2ccc(I)cc2)no1. The number of nitrogens with one attached hydrogen (secondary N) is 1. The van der Waals surface area contributed by atoms with E-state index in [4.69, 9.17) is 9.26 Å². The minimum absolute atomic E-state index is 0.257. The van der Waals surface area contributed by atoms with Gasteiger partial charge in [0.05, 0.1) is 0 Å². The van der Waals surface area contributed by atoms with E-state index in [0.29, 0.717) is 5.69 Å². The summed E-state index contributed by atoms with van der Waals surface area (Å²) in [4.78, 5) is 11.6. The Morgan fingerprint density at radius 3 is 2.55 bits per heavy atom. The summed E-state index contributed by atoms with van der Waals surface area (Å²) in [6, 6.07) is 9.50.